The molecular weight excluding hydrogens is 433 g/mol. The van der Waals surface area contributed by atoms with E-state index in [0.29, 0.717) is 5.82 Å². The monoisotopic (exact) mass is 455 g/mol. The van der Waals surface area contributed by atoms with Crippen LogP contribution in [0.3, 0.4) is 0 Å². The Labute approximate surface area is 178 Å². The molecule has 3 heterocycles. The molecule has 0 saturated carbocycles. The summed E-state index contributed by atoms with van der Waals surface area (Å²) in [6.07, 6.45) is 5.42. The molecule has 4 aromatic rings. The van der Waals surface area contributed by atoms with Crippen LogP contribution in [0.4, 0.5) is 15.9 Å². The van der Waals surface area contributed by atoms with Crippen molar-refractivity contribution in [3.05, 3.63) is 64.8 Å². The lowest BCUT2D eigenvalue weighted by Gasteiger charge is -2.15. The molecule has 0 saturated heterocycles. The highest BCUT2D eigenvalue weighted by atomic mass is 79.9. The Bertz CT molecular complexity index is 1110. The van der Waals surface area contributed by atoms with Crippen LogP contribution < -0.4 is 5.32 Å². The number of aromatic nitrogens is 4. The predicted molar refractivity (Wildman–Crippen MR) is 120 cm³/mol. The van der Waals surface area contributed by atoms with Crippen molar-refractivity contribution in [2.75, 3.05) is 5.32 Å². The van der Waals surface area contributed by atoms with Gasteiger partial charge in [-0.2, -0.15) is 0 Å². The molecule has 0 spiro atoms. The van der Waals surface area contributed by atoms with E-state index in [2.05, 4.69) is 50.0 Å². The molecule has 0 amide bonds. The lowest BCUT2D eigenvalue weighted by molar-refractivity contribution is 0.628. The lowest BCUT2D eigenvalue weighted by atomic mass is 10.1. The maximum Gasteiger partial charge on any atom is 0.161 e. The summed E-state index contributed by atoms with van der Waals surface area (Å²) in [5.74, 6) is 1.22. The summed E-state index contributed by atoms with van der Waals surface area (Å²) in [5, 5.41) is 4.38. The van der Waals surface area contributed by atoms with Crippen LogP contribution in [-0.4, -0.2) is 19.9 Å². The van der Waals surface area contributed by atoms with Gasteiger partial charge in [0.2, 0.25) is 0 Å². The molecule has 0 bridgehead atoms. The fourth-order valence-corrected chi connectivity index (χ4v) is 3.42. The smallest absolute Gasteiger partial charge is 0.161 e. The van der Waals surface area contributed by atoms with Gasteiger partial charge in [-0.05, 0) is 52.2 Å². The molecule has 3 aromatic heterocycles. The fourth-order valence-electron chi connectivity index (χ4n) is 2.90. The van der Waals surface area contributed by atoms with Crippen LogP contribution in [0.25, 0.3) is 22.4 Å². The number of anilines is 2. The van der Waals surface area contributed by atoms with Crippen molar-refractivity contribution in [3.8, 4) is 11.4 Å². The normalized spacial score (nSPS) is 10.7. The van der Waals surface area contributed by atoms with E-state index in [1.165, 1.54) is 12.1 Å². The standard InChI is InChI=1S/C20H17BrFN5.C2H6/c1-11(2)14-9-24-18(12-3-5-13(22)6-4-12)27-19(14)26-16-7-8-23-20-17(16)15(21)10-25-20;1-2/h3-11H,1-2H3,(H2,23,24,25,26,27);1-2H3. The van der Waals surface area contributed by atoms with Gasteiger partial charge in [0.1, 0.15) is 17.3 Å². The van der Waals surface area contributed by atoms with Gasteiger partial charge >= 0.3 is 0 Å². The number of aromatic amines is 1. The minimum atomic E-state index is -0.285. The van der Waals surface area contributed by atoms with E-state index in [0.717, 1.165) is 38.1 Å². The van der Waals surface area contributed by atoms with Gasteiger partial charge in [0.25, 0.3) is 0 Å². The molecule has 5 nitrogen and oxygen atoms in total. The molecule has 0 aliphatic carbocycles. The van der Waals surface area contributed by atoms with Gasteiger partial charge in [-0.15, -0.1) is 0 Å². The molecule has 7 heteroatoms. The molecule has 0 radical (unpaired) electrons. The van der Waals surface area contributed by atoms with Gasteiger partial charge in [-0.25, -0.2) is 19.3 Å². The van der Waals surface area contributed by atoms with E-state index >= 15 is 0 Å². The molecular formula is C22H23BrFN5. The van der Waals surface area contributed by atoms with Crippen molar-refractivity contribution < 1.29 is 4.39 Å². The quantitative estimate of drug-likeness (QED) is 0.354. The largest absolute Gasteiger partial charge is 0.345 e. The molecule has 0 atom stereocenters. The first-order valence-corrected chi connectivity index (χ1v) is 10.3. The van der Waals surface area contributed by atoms with Crippen molar-refractivity contribution in [1.82, 2.24) is 19.9 Å². The van der Waals surface area contributed by atoms with Gasteiger partial charge in [0.15, 0.2) is 5.82 Å². The molecule has 4 rings (SSSR count). The third-order valence-corrected chi connectivity index (χ3v) is 4.95. The maximum atomic E-state index is 13.2. The number of hydrogen-bond donors (Lipinski definition) is 2. The Balaban J connectivity index is 0.00000117. The highest BCUT2D eigenvalue weighted by Crippen LogP contribution is 2.33. The summed E-state index contributed by atoms with van der Waals surface area (Å²) in [5.41, 5.74) is 3.43. The van der Waals surface area contributed by atoms with Gasteiger partial charge in [0.05, 0.1) is 11.1 Å². The van der Waals surface area contributed by atoms with Crippen LogP contribution in [0.1, 0.15) is 39.2 Å². The van der Waals surface area contributed by atoms with Crippen LogP contribution in [0.15, 0.2) is 53.4 Å². The Kier molecular flexibility index (Phi) is 6.59. The minimum absolute atomic E-state index is 0.238. The summed E-state index contributed by atoms with van der Waals surface area (Å²) in [6, 6.07) is 8.08. The minimum Gasteiger partial charge on any atom is -0.345 e. The first-order valence-electron chi connectivity index (χ1n) is 9.54. The van der Waals surface area contributed by atoms with Crippen LogP contribution in [0.2, 0.25) is 0 Å². The van der Waals surface area contributed by atoms with E-state index < -0.39 is 0 Å². The number of fused-ring (bicyclic) bond motifs is 1. The van der Waals surface area contributed by atoms with E-state index in [9.17, 15) is 4.39 Å². The van der Waals surface area contributed by atoms with Gasteiger partial charge in [-0.3, -0.25) is 0 Å². The van der Waals surface area contributed by atoms with Crippen LogP contribution in [-0.2, 0) is 0 Å². The number of pyridine rings is 1. The molecule has 150 valence electrons. The zero-order valence-corrected chi connectivity index (χ0v) is 18.4. The Morgan fingerprint density at radius 1 is 1.07 bits per heavy atom. The first kappa shape index (κ1) is 20.9. The highest BCUT2D eigenvalue weighted by Gasteiger charge is 2.15. The molecule has 29 heavy (non-hydrogen) atoms. The van der Waals surface area contributed by atoms with E-state index in [1.807, 2.05) is 32.3 Å². The molecule has 0 aliphatic rings. The Hall–Kier alpha value is -2.80. The second-order valence-electron chi connectivity index (χ2n) is 6.50. The summed E-state index contributed by atoms with van der Waals surface area (Å²) >= 11 is 3.56. The number of benzene rings is 1. The number of nitrogens with one attached hydrogen (secondary N) is 2. The topological polar surface area (TPSA) is 66.5 Å². The number of nitrogens with zero attached hydrogens (tertiary/aromatic N) is 3. The molecule has 1 aromatic carbocycles. The van der Waals surface area contributed by atoms with Crippen LogP contribution in [0, 0.1) is 5.82 Å². The van der Waals surface area contributed by atoms with Crippen molar-refractivity contribution in [1.29, 1.82) is 0 Å². The lowest BCUT2D eigenvalue weighted by Crippen LogP contribution is -2.04. The van der Waals surface area contributed by atoms with E-state index in [4.69, 9.17) is 4.98 Å². The maximum absolute atomic E-state index is 13.2. The van der Waals surface area contributed by atoms with Crippen molar-refractivity contribution in [2.24, 2.45) is 0 Å². The van der Waals surface area contributed by atoms with Crippen molar-refractivity contribution in [2.45, 2.75) is 33.6 Å². The third-order valence-electron chi connectivity index (χ3n) is 4.32. The van der Waals surface area contributed by atoms with E-state index in [1.54, 1.807) is 18.3 Å². The Morgan fingerprint density at radius 3 is 2.48 bits per heavy atom. The van der Waals surface area contributed by atoms with Crippen molar-refractivity contribution in [3.63, 3.8) is 0 Å². The molecule has 0 aliphatic heterocycles. The average Bonchev–Trinajstić information content (AvgIpc) is 3.12. The zero-order chi connectivity index (χ0) is 21.0. The summed E-state index contributed by atoms with van der Waals surface area (Å²) < 4.78 is 14.2. The molecule has 0 fully saturated rings. The number of rotatable bonds is 4. The second-order valence-corrected chi connectivity index (χ2v) is 7.36. The number of hydrogen-bond acceptors (Lipinski definition) is 4. The third kappa shape index (κ3) is 4.45. The number of halogens is 2. The summed E-state index contributed by atoms with van der Waals surface area (Å²) in [4.78, 5) is 16.7. The van der Waals surface area contributed by atoms with Gasteiger partial charge in [-0.1, -0.05) is 27.7 Å². The fraction of sp³-hybridized carbons (Fsp3) is 0.227. The number of H-pyrrole nitrogens is 1. The SMILES string of the molecule is CC.CC(C)c1cnc(-c2ccc(F)cc2)nc1Nc1ccnc2[nH]cc(Br)c12. The van der Waals surface area contributed by atoms with Crippen molar-refractivity contribution >= 4 is 38.5 Å². The Morgan fingerprint density at radius 2 is 1.79 bits per heavy atom. The zero-order valence-electron chi connectivity index (χ0n) is 16.8. The summed E-state index contributed by atoms with van der Waals surface area (Å²) in [6.45, 7) is 8.19. The van der Waals surface area contributed by atoms with Gasteiger partial charge in [0, 0.05) is 34.2 Å². The van der Waals surface area contributed by atoms with Gasteiger partial charge < -0.3 is 10.3 Å². The van der Waals surface area contributed by atoms with Crippen LogP contribution >= 0.6 is 15.9 Å². The highest BCUT2D eigenvalue weighted by molar-refractivity contribution is 9.10. The summed E-state index contributed by atoms with van der Waals surface area (Å²) in [7, 11) is 0. The average molecular weight is 456 g/mol. The molecule has 2 N–H and O–H groups in total. The van der Waals surface area contributed by atoms with E-state index in [-0.39, 0.29) is 11.7 Å². The molecule has 0 unspecified atom stereocenters. The second kappa shape index (κ2) is 9.13. The first-order chi connectivity index (χ1) is 14.0. The van der Waals surface area contributed by atoms with Crippen LogP contribution in [0.5, 0.6) is 0 Å². The predicted octanol–water partition coefficient (Wildman–Crippen LogP) is 6.81.